The number of hydrogen-bond acceptors (Lipinski definition) is 4. The number of hydrogen-bond donors (Lipinski definition) is 0. The Morgan fingerprint density at radius 3 is 2.65 bits per heavy atom. The summed E-state index contributed by atoms with van der Waals surface area (Å²) in [5.41, 5.74) is 1.51. The first-order valence-electron chi connectivity index (χ1n) is 6.60. The van der Waals surface area contributed by atoms with Gasteiger partial charge in [0, 0.05) is 25.9 Å². The highest BCUT2D eigenvalue weighted by molar-refractivity contribution is 6.29. The molecule has 0 aliphatic carbocycles. The summed E-state index contributed by atoms with van der Waals surface area (Å²) >= 11 is 6.05. The van der Waals surface area contributed by atoms with E-state index in [1.54, 1.807) is 13.2 Å². The molecule has 0 saturated carbocycles. The molecule has 1 atom stereocenters. The molecule has 0 bridgehead atoms. The van der Waals surface area contributed by atoms with Gasteiger partial charge in [0.2, 0.25) is 0 Å². The summed E-state index contributed by atoms with van der Waals surface area (Å²) < 4.78 is 7.14. The second-order valence-corrected chi connectivity index (χ2v) is 5.52. The molecule has 0 aliphatic rings. The lowest BCUT2D eigenvalue weighted by molar-refractivity contribution is 0.112. The molecule has 108 valence electrons. The summed E-state index contributed by atoms with van der Waals surface area (Å²) in [5, 5.41) is 4.91. The van der Waals surface area contributed by atoms with Gasteiger partial charge in [-0.15, -0.1) is 0 Å². The SMILES string of the molecule is CO[C@@H](C)c1nc(Cl)cc(-c2ccn(CC(C)C)n2)n1. The van der Waals surface area contributed by atoms with Crippen molar-refractivity contribution in [3.8, 4) is 11.4 Å². The molecular weight excluding hydrogens is 276 g/mol. The minimum atomic E-state index is -0.204. The molecule has 0 N–H and O–H groups in total. The Labute approximate surface area is 124 Å². The van der Waals surface area contributed by atoms with Crippen molar-refractivity contribution in [2.45, 2.75) is 33.4 Å². The zero-order valence-corrected chi connectivity index (χ0v) is 12.9. The summed E-state index contributed by atoms with van der Waals surface area (Å²) in [7, 11) is 1.62. The fraction of sp³-hybridized carbons (Fsp3) is 0.500. The van der Waals surface area contributed by atoms with Gasteiger partial charge in [-0.3, -0.25) is 4.68 Å². The van der Waals surface area contributed by atoms with Gasteiger partial charge in [0.15, 0.2) is 5.82 Å². The maximum absolute atomic E-state index is 6.05. The molecule has 2 aromatic heterocycles. The standard InChI is InChI=1S/C14H19ClN4O/c1-9(2)8-19-6-5-11(18-19)12-7-13(15)17-14(16-12)10(3)20-4/h5-7,9-10H,8H2,1-4H3/t10-/m0/s1. The Hall–Kier alpha value is -1.46. The van der Waals surface area contributed by atoms with Gasteiger partial charge in [-0.25, -0.2) is 9.97 Å². The first kappa shape index (κ1) is 14.9. The molecule has 0 aliphatic heterocycles. The number of halogens is 1. The fourth-order valence-corrected chi connectivity index (χ4v) is 2.02. The van der Waals surface area contributed by atoms with Crippen molar-refractivity contribution in [2.24, 2.45) is 5.92 Å². The second kappa shape index (κ2) is 6.33. The molecule has 0 aromatic carbocycles. The van der Waals surface area contributed by atoms with Gasteiger partial charge in [0.1, 0.15) is 17.0 Å². The minimum absolute atomic E-state index is 0.204. The van der Waals surface area contributed by atoms with E-state index in [0.717, 1.165) is 12.2 Å². The third-order valence-corrected chi connectivity index (χ3v) is 3.08. The van der Waals surface area contributed by atoms with Gasteiger partial charge in [0.25, 0.3) is 0 Å². The van der Waals surface area contributed by atoms with Gasteiger partial charge < -0.3 is 4.74 Å². The minimum Gasteiger partial charge on any atom is -0.374 e. The lowest BCUT2D eigenvalue weighted by Gasteiger charge is -2.09. The van der Waals surface area contributed by atoms with Crippen molar-refractivity contribution in [3.63, 3.8) is 0 Å². The molecule has 0 spiro atoms. The van der Waals surface area contributed by atoms with Gasteiger partial charge in [-0.1, -0.05) is 25.4 Å². The van der Waals surface area contributed by atoms with Crippen LogP contribution in [-0.2, 0) is 11.3 Å². The van der Waals surface area contributed by atoms with E-state index in [2.05, 4.69) is 28.9 Å². The molecule has 0 radical (unpaired) electrons. The van der Waals surface area contributed by atoms with Crippen LogP contribution >= 0.6 is 11.6 Å². The van der Waals surface area contributed by atoms with Crippen LogP contribution in [0.5, 0.6) is 0 Å². The van der Waals surface area contributed by atoms with E-state index in [0.29, 0.717) is 22.6 Å². The maximum Gasteiger partial charge on any atom is 0.159 e. The van der Waals surface area contributed by atoms with Crippen LogP contribution in [0.25, 0.3) is 11.4 Å². The Morgan fingerprint density at radius 1 is 1.25 bits per heavy atom. The molecule has 2 rings (SSSR count). The third kappa shape index (κ3) is 3.55. The second-order valence-electron chi connectivity index (χ2n) is 5.13. The summed E-state index contributed by atoms with van der Waals surface area (Å²) in [5.74, 6) is 1.11. The number of ether oxygens (including phenoxy) is 1. The molecule has 0 unspecified atom stereocenters. The van der Waals surface area contributed by atoms with Crippen LogP contribution in [0.1, 0.15) is 32.7 Å². The summed E-state index contributed by atoms with van der Waals surface area (Å²) in [4.78, 5) is 8.65. The monoisotopic (exact) mass is 294 g/mol. The van der Waals surface area contributed by atoms with Crippen molar-refractivity contribution >= 4 is 11.6 Å². The smallest absolute Gasteiger partial charge is 0.159 e. The van der Waals surface area contributed by atoms with Crippen molar-refractivity contribution in [2.75, 3.05) is 7.11 Å². The highest BCUT2D eigenvalue weighted by Crippen LogP contribution is 2.21. The van der Waals surface area contributed by atoms with E-state index < -0.39 is 0 Å². The quantitative estimate of drug-likeness (QED) is 0.794. The summed E-state index contributed by atoms with van der Waals surface area (Å²) in [6.07, 6.45) is 1.75. The Balaban J connectivity index is 2.32. The molecule has 0 amide bonds. The molecule has 2 heterocycles. The van der Waals surface area contributed by atoms with Crippen LogP contribution in [0, 0.1) is 5.92 Å². The van der Waals surface area contributed by atoms with E-state index in [1.165, 1.54) is 0 Å². The molecular formula is C14H19ClN4O. The first-order valence-corrected chi connectivity index (χ1v) is 6.98. The van der Waals surface area contributed by atoms with Crippen molar-refractivity contribution in [1.82, 2.24) is 19.7 Å². The Morgan fingerprint density at radius 2 is 2.00 bits per heavy atom. The van der Waals surface area contributed by atoms with Crippen molar-refractivity contribution < 1.29 is 4.74 Å². The van der Waals surface area contributed by atoms with Gasteiger partial charge in [0.05, 0.1) is 5.69 Å². The zero-order valence-electron chi connectivity index (χ0n) is 12.2. The van der Waals surface area contributed by atoms with Gasteiger partial charge >= 0.3 is 0 Å². The largest absolute Gasteiger partial charge is 0.374 e. The van der Waals surface area contributed by atoms with Crippen LogP contribution in [0.2, 0.25) is 5.15 Å². The van der Waals surface area contributed by atoms with Crippen molar-refractivity contribution in [1.29, 1.82) is 0 Å². The van der Waals surface area contributed by atoms with Crippen LogP contribution in [0.4, 0.5) is 0 Å². The molecule has 20 heavy (non-hydrogen) atoms. The lowest BCUT2D eigenvalue weighted by atomic mass is 10.2. The van der Waals surface area contributed by atoms with Gasteiger partial charge in [-0.2, -0.15) is 5.10 Å². The summed E-state index contributed by atoms with van der Waals surface area (Å²) in [6.45, 7) is 7.06. The fourth-order valence-electron chi connectivity index (χ4n) is 1.83. The van der Waals surface area contributed by atoms with E-state index in [4.69, 9.17) is 16.3 Å². The summed E-state index contributed by atoms with van der Waals surface area (Å²) in [6, 6.07) is 3.65. The van der Waals surface area contributed by atoms with E-state index in [-0.39, 0.29) is 6.10 Å². The average Bonchev–Trinajstić information content (AvgIpc) is 2.84. The highest BCUT2D eigenvalue weighted by atomic mass is 35.5. The van der Waals surface area contributed by atoms with Crippen LogP contribution in [0.3, 0.4) is 0 Å². The lowest BCUT2D eigenvalue weighted by Crippen LogP contribution is -2.06. The number of rotatable bonds is 5. The molecule has 5 nitrogen and oxygen atoms in total. The molecule has 2 aromatic rings. The van der Waals surface area contributed by atoms with Crippen LogP contribution < -0.4 is 0 Å². The number of aromatic nitrogens is 4. The van der Waals surface area contributed by atoms with E-state index in [1.807, 2.05) is 23.9 Å². The van der Waals surface area contributed by atoms with Crippen LogP contribution in [-0.4, -0.2) is 26.9 Å². The van der Waals surface area contributed by atoms with Crippen molar-refractivity contribution in [3.05, 3.63) is 29.3 Å². The molecule has 0 saturated heterocycles. The topological polar surface area (TPSA) is 52.8 Å². The number of nitrogens with zero attached hydrogens (tertiary/aromatic N) is 4. The predicted molar refractivity (Wildman–Crippen MR) is 78.5 cm³/mol. The van der Waals surface area contributed by atoms with Crippen LogP contribution in [0.15, 0.2) is 18.3 Å². The molecule has 0 fully saturated rings. The Kier molecular flexibility index (Phi) is 4.73. The average molecular weight is 295 g/mol. The maximum atomic E-state index is 6.05. The Bertz CT molecular complexity index is 582. The van der Waals surface area contributed by atoms with E-state index >= 15 is 0 Å². The van der Waals surface area contributed by atoms with Gasteiger partial charge in [-0.05, 0) is 18.9 Å². The predicted octanol–water partition coefficient (Wildman–Crippen LogP) is 3.36. The number of methoxy groups -OCH3 is 1. The highest BCUT2D eigenvalue weighted by Gasteiger charge is 2.13. The first-order chi connectivity index (χ1) is 9.49. The molecule has 6 heteroatoms. The zero-order chi connectivity index (χ0) is 14.7. The van der Waals surface area contributed by atoms with E-state index in [9.17, 15) is 0 Å². The normalized spacial score (nSPS) is 12.9. The third-order valence-electron chi connectivity index (χ3n) is 2.88.